The maximum atomic E-state index is 13.1. The first-order chi connectivity index (χ1) is 12.4. The minimum Gasteiger partial charge on any atom is -0.495 e. The van der Waals surface area contributed by atoms with Crippen molar-refractivity contribution in [2.75, 3.05) is 20.2 Å². The number of ether oxygens (including phenoxy) is 1. The molecule has 1 heterocycles. The Kier molecular flexibility index (Phi) is 5.87. The lowest BCUT2D eigenvalue weighted by molar-refractivity contribution is -0.126. The number of carbonyl (C=O) groups excluding carboxylic acids is 1. The third kappa shape index (κ3) is 4.04. The van der Waals surface area contributed by atoms with Gasteiger partial charge in [0.2, 0.25) is 15.9 Å². The third-order valence-electron chi connectivity index (χ3n) is 5.39. The van der Waals surface area contributed by atoms with E-state index in [1.54, 1.807) is 12.1 Å². The van der Waals surface area contributed by atoms with Crippen LogP contribution in [0.15, 0.2) is 23.1 Å². The average Bonchev–Trinajstić information content (AvgIpc) is 3.14. The molecule has 1 unspecified atom stereocenters. The molecule has 1 aliphatic heterocycles. The molecule has 7 heteroatoms. The van der Waals surface area contributed by atoms with Gasteiger partial charge in [-0.2, -0.15) is 4.31 Å². The molecule has 26 heavy (non-hydrogen) atoms. The smallest absolute Gasteiger partial charge is 0.246 e. The van der Waals surface area contributed by atoms with Crippen LogP contribution in [-0.2, 0) is 14.8 Å². The number of hydrogen-bond donors (Lipinski definition) is 1. The van der Waals surface area contributed by atoms with Crippen LogP contribution >= 0.6 is 0 Å². The molecule has 1 aliphatic carbocycles. The Labute approximate surface area is 156 Å². The molecular formula is C19H28N2O4S. The molecule has 1 saturated heterocycles. The number of benzene rings is 1. The monoisotopic (exact) mass is 380 g/mol. The number of carbonyl (C=O) groups is 1. The Hall–Kier alpha value is -1.60. The molecule has 1 atom stereocenters. The zero-order valence-corrected chi connectivity index (χ0v) is 16.3. The van der Waals surface area contributed by atoms with E-state index in [9.17, 15) is 13.2 Å². The molecule has 6 nitrogen and oxygen atoms in total. The van der Waals surface area contributed by atoms with E-state index in [0.717, 1.165) is 37.7 Å². The number of rotatable bonds is 5. The molecule has 0 spiro atoms. The van der Waals surface area contributed by atoms with Crippen LogP contribution in [0.1, 0.15) is 44.1 Å². The highest BCUT2D eigenvalue weighted by Crippen LogP contribution is 2.31. The molecule has 1 aromatic carbocycles. The van der Waals surface area contributed by atoms with Crippen molar-refractivity contribution in [2.24, 2.45) is 5.92 Å². The minimum absolute atomic E-state index is 0.00647. The Morgan fingerprint density at radius 1 is 1.19 bits per heavy atom. The minimum atomic E-state index is -3.69. The van der Waals surface area contributed by atoms with Crippen molar-refractivity contribution in [3.8, 4) is 5.75 Å². The summed E-state index contributed by atoms with van der Waals surface area (Å²) in [7, 11) is -2.22. The molecule has 1 N–H and O–H groups in total. The fourth-order valence-electron chi connectivity index (χ4n) is 3.89. The van der Waals surface area contributed by atoms with Gasteiger partial charge in [0.1, 0.15) is 10.6 Å². The maximum Gasteiger partial charge on any atom is 0.246 e. The van der Waals surface area contributed by atoms with E-state index in [0.29, 0.717) is 18.7 Å². The van der Waals surface area contributed by atoms with Crippen molar-refractivity contribution in [3.63, 3.8) is 0 Å². The molecule has 2 aliphatic rings. The normalized spacial score (nSPS) is 22.3. The number of sulfonamides is 1. The molecule has 1 aromatic rings. The Bertz CT molecular complexity index is 757. The number of piperidine rings is 1. The van der Waals surface area contributed by atoms with E-state index in [-0.39, 0.29) is 29.3 Å². The van der Waals surface area contributed by atoms with Crippen molar-refractivity contribution >= 4 is 15.9 Å². The fraction of sp³-hybridized carbons (Fsp3) is 0.632. The van der Waals surface area contributed by atoms with Gasteiger partial charge in [-0.25, -0.2) is 8.42 Å². The predicted molar refractivity (Wildman–Crippen MR) is 99.6 cm³/mol. The van der Waals surface area contributed by atoms with Crippen molar-refractivity contribution < 1.29 is 17.9 Å². The van der Waals surface area contributed by atoms with E-state index in [2.05, 4.69) is 5.32 Å². The molecule has 0 aromatic heterocycles. The van der Waals surface area contributed by atoms with Gasteiger partial charge >= 0.3 is 0 Å². The summed E-state index contributed by atoms with van der Waals surface area (Å²) in [5.74, 6) is 0.0519. The van der Waals surface area contributed by atoms with Gasteiger partial charge in [-0.1, -0.05) is 18.9 Å². The van der Waals surface area contributed by atoms with Crippen LogP contribution in [0.25, 0.3) is 0 Å². The van der Waals surface area contributed by atoms with Gasteiger partial charge in [0, 0.05) is 19.1 Å². The van der Waals surface area contributed by atoms with E-state index in [1.165, 1.54) is 11.4 Å². The Balaban J connectivity index is 1.76. The summed E-state index contributed by atoms with van der Waals surface area (Å²) in [5, 5.41) is 3.11. The quantitative estimate of drug-likeness (QED) is 0.851. The zero-order valence-electron chi connectivity index (χ0n) is 15.5. The van der Waals surface area contributed by atoms with Crippen LogP contribution in [-0.4, -0.2) is 44.9 Å². The highest BCUT2D eigenvalue weighted by atomic mass is 32.2. The van der Waals surface area contributed by atoms with Crippen LogP contribution in [0.4, 0.5) is 0 Å². The summed E-state index contributed by atoms with van der Waals surface area (Å²) < 4.78 is 33.0. The summed E-state index contributed by atoms with van der Waals surface area (Å²) in [6, 6.07) is 5.39. The fourth-order valence-corrected chi connectivity index (χ4v) is 5.65. The van der Waals surface area contributed by atoms with Gasteiger partial charge in [0.15, 0.2) is 0 Å². The largest absolute Gasteiger partial charge is 0.495 e. The lowest BCUT2D eigenvalue weighted by atomic mass is 9.98. The van der Waals surface area contributed by atoms with Gasteiger partial charge in [-0.05, 0) is 50.3 Å². The number of hydrogen-bond acceptors (Lipinski definition) is 4. The summed E-state index contributed by atoms with van der Waals surface area (Å²) >= 11 is 0. The van der Waals surface area contributed by atoms with E-state index in [1.807, 2.05) is 13.0 Å². The van der Waals surface area contributed by atoms with Gasteiger partial charge < -0.3 is 10.1 Å². The second kappa shape index (κ2) is 7.96. The second-order valence-corrected chi connectivity index (χ2v) is 9.25. The SMILES string of the molecule is COc1ccc(C)cc1S(=O)(=O)N1CCCC(C(=O)NC2CCCC2)C1. The van der Waals surface area contributed by atoms with Crippen LogP contribution in [0.5, 0.6) is 5.75 Å². The summed E-state index contributed by atoms with van der Waals surface area (Å²) in [6.07, 6.45) is 5.79. The van der Waals surface area contributed by atoms with Crippen LogP contribution in [0, 0.1) is 12.8 Å². The maximum absolute atomic E-state index is 13.1. The van der Waals surface area contributed by atoms with Crippen LogP contribution < -0.4 is 10.1 Å². The molecule has 3 rings (SSSR count). The molecule has 1 saturated carbocycles. The van der Waals surface area contributed by atoms with Gasteiger partial charge in [0.05, 0.1) is 13.0 Å². The van der Waals surface area contributed by atoms with Crippen LogP contribution in [0.2, 0.25) is 0 Å². The van der Waals surface area contributed by atoms with Crippen molar-refractivity contribution in [1.82, 2.24) is 9.62 Å². The average molecular weight is 381 g/mol. The first-order valence-electron chi connectivity index (χ1n) is 9.37. The molecule has 2 fully saturated rings. The number of methoxy groups -OCH3 is 1. The second-order valence-electron chi connectivity index (χ2n) is 7.35. The highest BCUT2D eigenvalue weighted by molar-refractivity contribution is 7.89. The van der Waals surface area contributed by atoms with Crippen molar-refractivity contribution in [1.29, 1.82) is 0 Å². The molecule has 144 valence electrons. The van der Waals surface area contributed by atoms with Gasteiger partial charge in [-0.3, -0.25) is 4.79 Å². The van der Waals surface area contributed by atoms with Crippen molar-refractivity contribution in [3.05, 3.63) is 23.8 Å². The topological polar surface area (TPSA) is 75.7 Å². The first kappa shape index (κ1) is 19.2. The number of nitrogens with zero attached hydrogens (tertiary/aromatic N) is 1. The molecule has 0 bridgehead atoms. The number of aryl methyl sites for hydroxylation is 1. The highest BCUT2D eigenvalue weighted by Gasteiger charge is 2.35. The summed E-state index contributed by atoms with van der Waals surface area (Å²) in [4.78, 5) is 12.8. The Morgan fingerprint density at radius 3 is 2.62 bits per heavy atom. The zero-order chi connectivity index (χ0) is 18.7. The Morgan fingerprint density at radius 2 is 1.92 bits per heavy atom. The third-order valence-corrected chi connectivity index (χ3v) is 7.28. The molecular weight excluding hydrogens is 352 g/mol. The lowest BCUT2D eigenvalue weighted by Crippen LogP contribution is -2.47. The first-order valence-corrected chi connectivity index (χ1v) is 10.8. The van der Waals surface area contributed by atoms with Gasteiger partial charge in [-0.15, -0.1) is 0 Å². The van der Waals surface area contributed by atoms with E-state index >= 15 is 0 Å². The van der Waals surface area contributed by atoms with E-state index < -0.39 is 10.0 Å². The lowest BCUT2D eigenvalue weighted by Gasteiger charge is -2.32. The summed E-state index contributed by atoms with van der Waals surface area (Å²) in [6.45, 7) is 2.52. The molecule has 1 amide bonds. The molecule has 0 radical (unpaired) electrons. The predicted octanol–water partition coefficient (Wildman–Crippen LogP) is 2.46. The van der Waals surface area contributed by atoms with E-state index in [4.69, 9.17) is 4.74 Å². The van der Waals surface area contributed by atoms with Crippen molar-refractivity contribution in [2.45, 2.75) is 56.4 Å². The standard InChI is InChI=1S/C19H28N2O4S/c1-14-9-10-17(25-2)18(12-14)26(23,24)21-11-5-6-15(13-21)19(22)20-16-7-3-4-8-16/h9-10,12,15-16H,3-8,11,13H2,1-2H3,(H,20,22). The summed E-state index contributed by atoms with van der Waals surface area (Å²) in [5.41, 5.74) is 0.858. The van der Waals surface area contributed by atoms with Crippen LogP contribution in [0.3, 0.4) is 0 Å². The van der Waals surface area contributed by atoms with Gasteiger partial charge in [0.25, 0.3) is 0 Å². The number of amides is 1. The number of nitrogens with one attached hydrogen (secondary N) is 1.